The van der Waals surface area contributed by atoms with E-state index in [9.17, 15) is 17.6 Å². The number of fused-ring (bicyclic) bond motifs is 1. The molecule has 1 N–H and O–H groups in total. The molecule has 0 aliphatic carbocycles. The van der Waals surface area contributed by atoms with Crippen LogP contribution < -0.4 is 9.62 Å². The third kappa shape index (κ3) is 3.78. The molecular formula is C19H21FN2O3S. The Kier molecular flexibility index (Phi) is 5.11. The van der Waals surface area contributed by atoms with Crippen LogP contribution in [0.15, 0.2) is 41.3 Å². The summed E-state index contributed by atoms with van der Waals surface area (Å²) in [6.07, 6.45) is 1.54. The van der Waals surface area contributed by atoms with Crippen molar-refractivity contribution in [2.75, 3.05) is 11.4 Å². The van der Waals surface area contributed by atoms with Crippen LogP contribution in [0.1, 0.15) is 30.0 Å². The van der Waals surface area contributed by atoms with Gasteiger partial charge in [-0.1, -0.05) is 12.1 Å². The molecule has 2 aromatic carbocycles. The lowest BCUT2D eigenvalue weighted by Gasteiger charge is -2.28. The Morgan fingerprint density at radius 1 is 1.23 bits per heavy atom. The van der Waals surface area contributed by atoms with Crippen molar-refractivity contribution in [1.82, 2.24) is 4.72 Å². The number of nitrogens with zero attached hydrogens (tertiary/aromatic N) is 1. The summed E-state index contributed by atoms with van der Waals surface area (Å²) in [5, 5.41) is 0. The van der Waals surface area contributed by atoms with Gasteiger partial charge >= 0.3 is 0 Å². The van der Waals surface area contributed by atoms with Gasteiger partial charge in [0.1, 0.15) is 5.82 Å². The number of nitrogens with one attached hydrogen (secondary N) is 1. The normalized spacial score (nSPS) is 14.2. The Labute approximate surface area is 152 Å². The summed E-state index contributed by atoms with van der Waals surface area (Å²) in [6, 6.07) is 9.33. The lowest BCUT2D eigenvalue weighted by atomic mass is 10.0. The summed E-state index contributed by atoms with van der Waals surface area (Å²) in [5.74, 6) is -0.368. The van der Waals surface area contributed by atoms with Gasteiger partial charge in [-0.3, -0.25) is 4.79 Å². The van der Waals surface area contributed by atoms with Crippen LogP contribution in [0.4, 0.5) is 10.1 Å². The highest BCUT2D eigenvalue weighted by molar-refractivity contribution is 7.89. The van der Waals surface area contributed by atoms with Crippen LogP contribution in [-0.4, -0.2) is 20.9 Å². The van der Waals surface area contributed by atoms with Crippen molar-refractivity contribution in [1.29, 1.82) is 0 Å². The fourth-order valence-electron chi connectivity index (χ4n) is 3.15. The molecule has 1 amide bonds. The number of hydrogen-bond acceptors (Lipinski definition) is 3. The largest absolute Gasteiger partial charge is 0.312 e. The minimum Gasteiger partial charge on any atom is -0.312 e. The van der Waals surface area contributed by atoms with E-state index in [2.05, 4.69) is 4.72 Å². The topological polar surface area (TPSA) is 66.5 Å². The first-order valence-electron chi connectivity index (χ1n) is 8.43. The predicted octanol–water partition coefficient (Wildman–Crippen LogP) is 2.91. The van der Waals surface area contributed by atoms with Gasteiger partial charge in [-0.15, -0.1) is 0 Å². The van der Waals surface area contributed by atoms with E-state index in [-0.39, 0.29) is 23.2 Å². The number of benzene rings is 2. The van der Waals surface area contributed by atoms with E-state index in [4.69, 9.17) is 0 Å². The van der Waals surface area contributed by atoms with Crippen molar-refractivity contribution < 1.29 is 17.6 Å². The fraction of sp³-hybridized carbons (Fsp3) is 0.316. The van der Waals surface area contributed by atoms with E-state index >= 15 is 0 Å². The van der Waals surface area contributed by atoms with E-state index in [0.717, 1.165) is 24.1 Å². The number of rotatable bonds is 4. The molecule has 0 radical (unpaired) electrons. The molecule has 0 aromatic heterocycles. The molecule has 0 fully saturated rings. The summed E-state index contributed by atoms with van der Waals surface area (Å²) in [7, 11) is -3.70. The third-order valence-electron chi connectivity index (χ3n) is 4.55. The molecule has 0 bridgehead atoms. The Bertz CT molecular complexity index is 957. The third-order valence-corrected chi connectivity index (χ3v) is 5.95. The van der Waals surface area contributed by atoms with E-state index in [1.165, 1.54) is 19.1 Å². The van der Waals surface area contributed by atoms with Gasteiger partial charge in [0, 0.05) is 25.7 Å². The average molecular weight is 376 g/mol. The molecule has 0 unspecified atom stereocenters. The Morgan fingerprint density at radius 3 is 2.69 bits per heavy atom. The maximum atomic E-state index is 13.3. The first kappa shape index (κ1) is 18.5. The van der Waals surface area contributed by atoms with Crippen LogP contribution in [0.5, 0.6) is 0 Å². The van der Waals surface area contributed by atoms with Gasteiger partial charge in [0.15, 0.2) is 0 Å². The second-order valence-electron chi connectivity index (χ2n) is 6.47. The Balaban J connectivity index is 1.81. The first-order chi connectivity index (χ1) is 12.3. The van der Waals surface area contributed by atoms with Crippen LogP contribution >= 0.6 is 0 Å². The Hall–Kier alpha value is -2.25. The molecule has 1 aliphatic heterocycles. The molecule has 5 nitrogen and oxygen atoms in total. The zero-order valence-corrected chi connectivity index (χ0v) is 15.6. The summed E-state index contributed by atoms with van der Waals surface area (Å²) in [4.78, 5) is 13.6. The van der Waals surface area contributed by atoms with Crippen molar-refractivity contribution in [3.63, 3.8) is 0 Å². The monoisotopic (exact) mass is 376 g/mol. The number of amides is 1. The van der Waals surface area contributed by atoms with Gasteiger partial charge in [0.25, 0.3) is 0 Å². The van der Waals surface area contributed by atoms with Gasteiger partial charge in [-0.05, 0) is 60.7 Å². The van der Waals surface area contributed by atoms with Gasteiger partial charge in [-0.2, -0.15) is 0 Å². The molecule has 0 spiro atoms. The van der Waals surface area contributed by atoms with Crippen molar-refractivity contribution in [3.8, 4) is 0 Å². The lowest BCUT2D eigenvalue weighted by Crippen LogP contribution is -2.33. The standard InChI is InChI=1S/C19H21FN2O3S/c1-13-10-15(5-7-18(13)20)12-21-26(24,25)17-6-8-19-16(11-17)4-3-9-22(19)14(2)23/h5-8,10-11,21H,3-4,9,12H2,1-2H3. The van der Waals surface area contributed by atoms with E-state index in [1.807, 2.05) is 0 Å². The minimum atomic E-state index is -3.70. The maximum Gasteiger partial charge on any atom is 0.240 e. The number of hydrogen-bond donors (Lipinski definition) is 1. The smallest absolute Gasteiger partial charge is 0.240 e. The van der Waals surface area contributed by atoms with E-state index in [0.29, 0.717) is 17.7 Å². The van der Waals surface area contributed by atoms with Crippen LogP contribution in [0.25, 0.3) is 0 Å². The highest BCUT2D eigenvalue weighted by Gasteiger charge is 2.23. The molecule has 0 atom stereocenters. The quantitative estimate of drug-likeness (QED) is 0.892. The summed E-state index contributed by atoms with van der Waals surface area (Å²) in [5.41, 5.74) is 2.79. The van der Waals surface area contributed by atoms with E-state index in [1.54, 1.807) is 36.1 Å². The molecule has 0 saturated heterocycles. The highest BCUT2D eigenvalue weighted by atomic mass is 32.2. The van der Waals surface area contributed by atoms with E-state index < -0.39 is 10.0 Å². The molecule has 7 heteroatoms. The SMILES string of the molecule is CC(=O)N1CCCc2cc(S(=O)(=O)NCc3ccc(F)c(C)c3)ccc21. The number of anilines is 1. The van der Waals surface area contributed by atoms with Crippen LogP contribution in [0, 0.1) is 12.7 Å². The highest BCUT2D eigenvalue weighted by Crippen LogP contribution is 2.29. The second kappa shape index (κ2) is 7.17. The van der Waals surface area contributed by atoms with Crippen molar-refractivity contribution in [3.05, 3.63) is 58.9 Å². The van der Waals surface area contributed by atoms with Gasteiger partial charge in [0.2, 0.25) is 15.9 Å². The number of carbonyl (C=O) groups excluding carboxylic acids is 1. The molecule has 2 aromatic rings. The van der Waals surface area contributed by atoms with Crippen LogP contribution in [0.2, 0.25) is 0 Å². The zero-order valence-electron chi connectivity index (χ0n) is 14.8. The summed E-state index contributed by atoms with van der Waals surface area (Å²) < 4.78 is 41.1. The molecule has 26 heavy (non-hydrogen) atoms. The molecule has 1 aliphatic rings. The number of sulfonamides is 1. The molecular weight excluding hydrogens is 355 g/mol. The zero-order chi connectivity index (χ0) is 18.9. The Morgan fingerprint density at radius 2 is 2.00 bits per heavy atom. The summed E-state index contributed by atoms with van der Waals surface area (Å²) >= 11 is 0. The van der Waals surface area contributed by atoms with Gasteiger partial charge in [0.05, 0.1) is 4.90 Å². The molecule has 3 rings (SSSR count). The maximum absolute atomic E-state index is 13.3. The number of carbonyl (C=O) groups is 1. The van der Waals surface area contributed by atoms with Crippen molar-refractivity contribution in [2.45, 2.75) is 38.1 Å². The van der Waals surface area contributed by atoms with Crippen LogP contribution in [-0.2, 0) is 27.8 Å². The second-order valence-corrected chi connectivity index (χ2v) is 8.24. The molecule has 0 saturated carbocycles. The van der Waals surface area contributed by atoms with Crippen LogP contribution in [0.3, 0.4) is 0 Å². The van der Waals surface area contributed by atoms with Crippen molar-refractivity contribution >= 4 is 21.6 Å². The fourth-order valence-corrected chi connectivity index (χ4v) is 4.21. The predicted molar refractivity (Wildman–Crippen MR) is 98.0 cm³/mol. The molecule has 1 heterocycles. The van der Waals surface area contributed by atoms with Crippen molar-refractivity contribution in [2.24, 2.45) is 0 Å². The first-order valence-corrected chi connectivity index (χ1v) is 9.92. The number of halogens is 1. The average Bonchev–Trinajstić information content (AvgIpc) is 2.61. The lowest BCUT2D eigenvalue weighted by molar-refractivity contribution is -0.116. The number of aryl methyl sites for hydroxylation is 2. The van der Waals surface area contributed by atoms with Gasteiger partial charge < -0.3 is 4.90 Å². The van der Waals surface area contributed by atoms with Gasteiger partial charge in [-0.25, -0.2) is 17.5 Å². The minimum absolute atomic E-state index is 0.0497. The molecule has 138 valence electrons. The summed E-state index contributed by atoms with van der Waals surface area (Å²) in [6.45, 7) is 3.88.